The Morgan fingerprint density at radius 3 is 2.45 bits per heavy atom. The number of carbonyl (C=O) groups is 1. The Hall–Kier alpha value is -3.02. The lowest BCUT2D eigenvalue weighted by atomic mass is 10.2. The standard InChI is InChI=1S/C22H18Cl2N2O3/c23-19-7-4-8-20(22(19)24)29-15-21(27)26-25-13-16-9-11-18(12-10-16)28-14-17-5-2-1-3-6-17/h1-13H,14-15H2,(H,26,27)/b25-13+. The molecule has 5 nitrogen and oxygen atoms in total. The Bertz CT molecular complexity index is 977. The van der Waals surface area contributed by atoms with E-state index >= 15 is 0 Å². The van der Waals surface area contributed by atoms with Gasteiger partial charge >= 0.3 is 0 Å². The SMILES string of the molecule is O=C(COc1cccc(Cl)c1Cl)N/N=C/c1ccc(OCc2ccccc2)cc1. The maximum atomic E-state index is 11.8. The highest BCUT2D eigenvalue weighted by Gasteiger charge is 2.07. The van der Waals surface area contributed by atoms with E-state index in [1.807, 2.05) is 54.6 Å². The average molecular weight is 429 g/mol. The van der Waals surface area contributed by atoms with Crippen LogP contribution in [0.1, 0.15) is 11.1 Å². The molecule has 0 bridgehead atoms. The molecule has 3 aromatic carbocycles. The molecule has 0 heterocycles. The van der Waals surface area contributed by atoms with E-state index in [4.69, 9.17) is 32.7 Å². The van der Waals surface area contributed by atoms with Crippen LogP contribution in [0, 0.1) is 0 Å². The van der Waals surface area contributed by atoms with E-state index in [1.165, 1.54) is 6.21 Å². The third-order valence-corrected chi connectivity index (χ3v) is 4.61. The molecule has 148 valence electrons. The van der Waals surface area contributed by atoms with Crippen LogP contribution < -0.4 is 14.9 Å². The number of benzene rings is 3. The first-order valence-corrected chi connectivity index (χ1v) is 9.53. The van der Waals surface area contributed by atoms with Crippen LogP contribution >= 0.6 is 23.2 Å². The van der Waals surface area contributed by atoms with Crippen LogP contribution in [0.5, 0.6) is 11.5 Å². The summed E-state index contributed by atoms with van der Waals surface area (Å²) in [6, 6.07) is 22.3. The molecule has 1 amide bonds. The number of nitrogens with one attached hydrogen (secondary N) is 1. The van der Waals surface area contributed by atoms with E-state index in [-0.39, 0.29) is 11.6 Å². The summed E-state index contributed by atoms with van der Waals surface area (Å²) < 4.78 is 11.1. The van der Waals surface area contributed by atoms with Crippen molar-refractivity contribution in [3.63, 3.8) is 0 Å². The molecule has 0 aromatic heterocycles. The number of amides is 1. The second kappa shape index (κ2) is 10.5. The molecular formula is C22H18Cl2N2O3. The molecular weight excluding hydrogens is 411 g/mol. The number of ether oxygens (including phenoxy) is 2. The fourth-order valence-electron chi connectivity index (χ4n) is 2.34. The van der Waals surface area contributed by atoms with Gasteiger partial charge in [0.05, 0.1) is 11.2 Å². The number of halogens is 2. The topological polar surface area (TPSA) is 59.9 Å². The quantitative estimate of drug-likeness (QED) is 0.400. The van der Waals surface area contributed by atoms with Crippen LogP contribution in [-0.2, 0) is 11.4 Å². The predicted molar refractivity (Wildman–Crippen MR) is 115 cm³/mol. The van der Waals surface area contributed by atoms with Gasteiger partial charge in [0.25, 0.3) is 5.91 Å². The number of carbonyl (C=O) groups excluding carboxylic acids is 1. The molecule has 0 aliphatic rings. The molecule has 1 N–H and O–H groups in total. The van der Waals surface area contributed by atoms with Crippen molar-refractivity contribution in [2.75, 3.05) is 6.61 Å². The maximum absolute atomic E-state index is 11.8. The van der Waals surface area contributed by atoms with Crippen molar-refractivity contribution in [1.29, 1.82) is 0 Å². The monoisotopic (exact) mass is 428 g/mol. The molecule has 0 spiro atoms. The molecule has 0 fully saturated rings. The first-order chi connectivity index (χ1) is 14.1. The molecule has 0 aliphatic heterocycles. The smallest absolute Gasteiger partial charge is 0.277 e. The Morgan fingerprint density at radius 1 is 0.931 bits per heavy atom. The van der Waals surface area contributed by atoms with Gasteiger partial charge in [0.1, 0.15) is 23.1 Å². The zero-order chi connectivity index (χ0) is 20.5. The van der Waals surface area contributed by atoms with Gasteiger partial charge in [-0.1, -0.05) is 59.6 Å². The summed E-state index contributed by atoms with van der Waals surface area (Å²) >= 11 is 11.9. The van der Waals surface area contributed by atoms with Crippen molar-refractivity contribution >= 4 is 35.3 Å². The summed E-state index contributed by atoms with van der Waals surface area (Å²) in [5, 5.41) is 4.54. The molecule has 0 unspecified atom stereocenters. The second-order valence-corrected chi connectivity index (χ2v) is 6.76. The van der Waals surface area contributed by atoms with Crippen LogP contribution in [0.4, 0.5) is 0 Å². The zero-order valence-corrected chi connectivity index (χ0v) is 16.9. The van der Waals surface area contributed by atoms with Crippen LogP contribution in [0.25, 0.3) is 0 Å². The summed E-state index contributed by atoms with van der Waals surface area (Å²) in [6.07, 6.45) is 1.53. The van der Waals surface area contributed by atoms with Crippen molar-refractivity contribution in [3.05, 3.63) is 94.0 Å². The van der Waals surface area contributed by atoms with E-state index in [0.717, 1.165) is 16.9 Å². The van der Waals surface area contributed by atoms with Crippen LogP contribution in [0.3, 0.4) is 0 Å². The van der Waals surface area contributed by atoms with Crippen molar-refractivity contribution in [1.82, 2.24) is 5.43 Å². The van der Waals surface area contributed by atoms with Gasteiger partial charge in [-0.3, -0.25) is 4.79 Å². The average Bonchev–Trinajstić information content (AvgIpc) is 2.75. The van der Waals surface area contributed by atoms with Crippen molar-refractivity contribution in [2.24, 2.45) is 5.10 Å². The predicted octanol–water partition coefficient (Wildman–Crippen LogP) is 5.10. The molecule has 0 saturated carbocycles. The van der Waals surface area contributed by atoms with Gasteiger partial charge in [0.2, 0.25) is 0 Å². The van der Waals surface area contributed by atoms with E-state index < -0.39 is 5.91 Å². The third kappa shape index (κ3) is 6.52. The summed E-state index contributed by atoms with van der Waals surface area (Å²) in [5.41, 5.74) is 4.31. The molecule has 0 radical (unpaired) electrons. The highest BCUT2D eigenvalue weighted by atomic mass is 35.5. The Morgan fingerprint density at radius 2 is 1.69 bits per heavy atom. The fraction of sp³-hybridized carbons (Fsp3) is 0.0909. The van der Waals surface area contributed by atoms with Crippen molar-refractivity contribution in [2.45, 2.75) is 6.61 Å². The van der Waals surface area contributed by atoms with Crippen LogP contribution in [0.2, 0.25) is 10.0 Å². The van der Waals surface area contributed by atoms with Gasteiger partial charge in [-0.15, -0.1) is 0 Å². The molecule has 7 heteroatoms. The minimum Gasteiger partial charge on any atom is -0.489 e. The summed E-state index contributed by atoms with van der Waals surface area (Å²) in [6.45, 7) is 0.268. The minimum atomic E-state index is -0.417. The van der Waals surface area contributed by atoms with Gasteiger partial charge in [0, 0.05) is 0 Å². The molecule has 0 aliphatic carbocycles. The largest absolute Gasteiger partial charge is 0.489 e. The van der Waals surface area contributed by atoms with E-state index in [0.29, 0.717) is 17.4 Å². The molecule has 3 aromatic rings. The van der Waals surface area contributed by atoms with E-state index in [2.05, 4.69) is 10.5 Å². The number of hydrogen-bond donors (Lipinski definition) is 1. The lowest BCUT2D eigenvalue weighted by molar-refractivity contribution is -0.123. The molecule has 29 heavy (non-hydrogen) atoms. The van der Waals surface area contributed by atoms with Gasteiger partial charge < -0.3 is 9.47 Å². The summed E-state index contributed by atoms with van der Waals surface area (Å²) in [5.74, 6) is 0.673. The fourth-order valence-corrected chi connectivity index (χ4v) is 2.69. The van der Waals surface area contributed by atoms with E-state index in [9.17, 15) is 4.79 Å². The Labute approximate surface area is 178 Å². The number of nitrogens with zero attached hydrogens (tertiary/aromatic N) is 1. The Balaban J connectivity index is 1.43. The third-order valence-electron chi connectivity index (χ3n) is 3.81. The van der Waals surface area contributed by atoms with Gasteiger partial charge in [-0.05, 0) is 47.5 Å². The minimum absolute atomic E-state index is 0.232. The Kier molecular flexibility index (Phi) is 7.50. The second-order valence-electron chi connectivity index (χ2n) is 5.98. The summed E-state index contributed by atoms with van der Waals surface area (Å²) in [7, 11) is 0. The first kappa shape index (κ1) is 20.7. The zero-order valence-electron chi connectivity index (χ0n) is 15.3. The number of rotatable bonds is 8. The number of hydrazone groups is 1. The molecule has 0 saturated heterocycles. The highest BCUT2D eigenvalue weighted by molar-refractivity contribution is 6.42. The van der Waals surface area contributed by atoms with Gasteiger partial charge in [-0.2, -0.15) is 5.10 Å². The van der Waals surface area contributed by atoms with Gasteiger partial charge in [0.15, 0.2) is 6.61 Å². The lowest BCUT2D eigenvalue weighted by Gasteiger charge is -2.07. The summed E-state index contributed by atoms with van der Waals surface area (Å²) in [4.78, 5) is 11.8. The molecule has 0 atom stereocenters. The maximum Gasteiger partial charge on any atom is 0.277 e. The highest BCUT2D eigenvalue weighted by Crippen LogP contribution is 2.31. The van der Waals surface area contributed by atoms with Gasteiger partial charge in [-0.25, -0.2) is 5.43 Å². The van der Waals surface area contributed by atoms with E-state index in [1.54, 1.807) is 18.2 Å². The normalized spacial score (nSPS) is 10.7. The first-order valence-electron chi connectivity index (χ1n) is 8.77. The van der Waals surface area contributed by atoms with Crippen molar-refractivity contribution < 1.29 is 14.3 Å². The number of hydrogen-bond acceptors (Lipinski definition) is 4. The van der Waals surface area contributed by atoms with Crippen LogP contribution in [-0.4, -0.2) is 18.7 Å². The molecule has 3 rings (SSSR count). The van der Waals surface area contributed by atoms with Crippen LogP contribution in [0.15, 0.2) is 77.9 Å². The van der Waals surface area contributed by atoms with Crippen molar-refractivity contribution in [3.8, 4) is 11.5 Å². The lowest BCUT2D eigenvalue weighted by Crippen LogP contribution is -2.24.